The van der Waals surface area contributed by atoms with Crippen LogP contribution in [0.2, 0.25) is 0 Å². The molecule has 0 aliphatic carbocycles. The first-order chi connectivity index (χ1) is 8.28. The average molecular weight is 337 g/mol. The molecule has 0 saturated carbocycles. The predicted molar refractivity (Wildman–Crippen MR) is 73.4 cm³/mol. The molecule has 18 heavy (non-hydrogen) atoms. The van der Waals surface area contributed by atoms with Crippen molar-refractivity contribution in [1.29, 1.82) is 0 Å². The van der Waals surface area contributed by atoms with Crippen LogP contribution in [0.4, 0.5) is 0 Å². The Balaban J connectivity index is 2.96. The summed E-state index contributed by atoms with van der Waals surface area (Å²) in [6.07, 6.45) is 1.92. The van der Waals surface area contributed by atoms with Gasteiger partial charge in [0.25, 0.3) is 0 Å². The maximum Gasteiger partial charge on any atom is 0.154 e. The molecule has 0 aromatic carbocycles. The number of rotatable bonds is 6. The van der Waals surface area contributed by atoms with Gasteiger partial charge in [0.15, 0.2) is 15.6 Å². The Morgan fingerprint density at radius 2 is 2.00 bits per heavy atom. The van der Waals surface area contributed by atoms with Crippen LogP contribution in [0.25, 0.3) is 0 Å². The summed E-state index contributed by atoms with van der Waals surface area (Å²) in [6, 6.07) is 0. The first-order valence-corrected chi connectivity index (χ1v) is 8.57. The van der Waals surface area contributed by atoms with E-state index in [-0.39, 0.29) is 12.2 Å². The SMILES string of the molecule is CCc1nn(CC)c(CC(=O)CS(C)(=O)=O)c1Br. The molecule has 0 radical (unpaired) electrons. The monoisotopic (exact) mass is 336 g/mol. The summed E-state index contributed by atoms with van der Waals surface area (Å²) >= 11 is 3.43. The number of Topliss-reactive ketones (excluding diaryl/α,β-unsaturated/α-hetero) is 1. The molecule has 0 aliphatic heterocycles. The van der Waals surface area contributed by atoms with Gasteiger partial charge in [0, 0.05) is 12.8 Å². The maximum absolute atomic E-state index is 11.7. The summed E-state index contributed by atoms with van der Waals surface area (Å²) in [5.74, 6) is -0.731. The molecule has 0 atom stereocenters. The van der Waals surface area contributed by atoms with Crippen molar-refractivity contribution in [2.75, 3.05) is 12.0 Å². The zero-order valence-corrected chi connectivity index (χ0v) is 13.1. The van der Waals surface area contributed by atoms with Crippen molar-refractivity contribution in [2.45, 2.75) is 33.2 Å². The van der Waals surface area contributed by atoms with E-state index >= 15 is 0 Å². The average Bonchev–Trinajstić information content (AvgIpc) is 2.53. The molecule has 1 rings (SSSR count). The quantitative estimate of drug-likeness (QED) is 0.787. The minimum atomic E-state index is -3.27. The number of carbonyl (C=O) groups is 1. The van der Waals surface area contributed by atoms with Gasteiger partial charge >= 0.3 is 0 Å². The highest BCUT2D eigenvalue weighted by atomic mass is 79.9. The Labute approximate surface area is 116 Å². The van der Waals surface area contributed by atoms with Crippen molar-refractivity contribution < 1.29 is 13.2 Å². The van der Waals surface area contributed by atoms with Gasteiger partial charge in [-0.15, -0.1) is 0 Å². The molecule has 0 saturated heterocycles. The number of carbonyl (C=O) groups excluding carboxylic acids is 1. The molecule has 0 aliphatic rings. The molecule has 0 fully saturated rings. The van der Waals surface area contributed by atoms with Crippen LogP contribution in [-0.2, 0) is 34.0 Å². The third-order valence-corrected chi connectivity index (χ3v) is 4.24. The van der Waals surface area contributed by atoms with Gasteiger partial charge in [-0.05, 0) is 29.3 Å². The standard InChI is InChI=1S/C11H17BrN2O3S/c1-4-9-11(12)10(14(5-2)13-9)6-8(15)7-18(3,16)17/h4-7H2,1-3H3. The fraction of sp³-hybridized carbons (Fsp3) is 0.636. The highest BCUT2D eigenvalue weighted by Crippen LogP contribution is 2.23. The van der Waals surface area contributed by atoms with Crippen molar-refractivity contribution in [3.05, 3.63) is 15.9 Å². The number of aryl methyl sites for hydroxylation is 2. The lowest BCUT2D eigenvalue weighted by atomic mass is 10.2. The molecule has 0 spiro atoms. The third-order valence-electron chi connectivity index (χ3n) is 2.48. The highest BCUT2D eigenvalue weighted by molar-refractivity contribution is 9.10. The first kappa shape index (κ1) is 15.4. The summed E-state index contributed by atoms with van der Waals surface area (Å²) in [5, 5.41) is 4.36. The van der Waals surface area contributed by atoms with Crippen LogP contribution in [0.1, 0.15) is 25.2 Å². The molecule has 0 amide bonds. The van der Waals surface area contributed by atoms with Gasteiger partial charge in [0.05, 0.1) is 22.3 Å². The zero-order valence-electron chi connectivity index (χ0n) is 10.7. The number of hydrogen-bond donors (Lipinski definition) is 0. The summed E-state index contributed by atoms with van der Waals surface area (Å²) in [4.78, 5) is 11.7. The third kappa shape index (κ3) is 3.91. The van der Waals surface area contributed by atoms with E-state index in [1.54, 1.807) is 4.68 Å². The van der Waals surface area contributed by atoms with E-state index in [9.17, 15) is 13.2 Å². The van der Waals surface area contributed by atoms with Crippen LogP contribution < -0.4 is 0 Å². The second-order valence-electron chi connectivity index (χ2n) is 4.16. The molecule has 7 heteroatoms. The smallest absolute Gasteiger partial charge is 0.154 e. The molecular weight excluding hydrogens is 320 g/mol. The van der Waals surface area contributed by atoms with E-state index in [1.165, 1.54) is 0 Å². The van der Waals surface area contributed by atoms with Crippen LogP contribution in [0.5, 0.6) is 0 Å². The van der Waals surface area contributed by atoms with Crippen molar-refractivity contribution in [2.24, 2.45) is 0 Å². The van der Waals surface area contributed by atoms with Crippen molar-refractivity contribution in [3.8, 4) is 0 Å². The van der Waals surface area contributed by atoms with E-state index in [0.717, 1.165) is 28.5 Å². The zero-order chi connectivity index (χ0) is 13.9. The molecular formula is C11H17BrN2O3S. The van der Waals surface area contributed by atoms with Crippen LogP contribution in [-0.4, -0.2) is 36.0 Å². The van der Waals surface area contributed by atoms with E-state index in [1.807, 2.05) is 13.8 Å². The number of sulfone groups is 1. The fourth-order valence-corrected chi connectivity index (χ4v) is 3.11. The van der Waals surface area contributed by atoms with E-state index < -0.39 is 15.6 Å². The van der Waals surface area contributed by atoms with Crippen LogP contribution >= 0.6 is 15.9 Å². The normalized spacial score (nSPS) is 11.8. The van der Waals surface area contributed by atoms with Gasteiger partial charge in [0.1, 0.15) is 5.75 Å². The molecule has 1 aromatic rings. The summed E-state index contributed by atoms with van der Waals surface area (Å²) in [5.41, 5.74) is 1.64. The number of aromatic nitrogens is 2. The summed E-state index contributed by atoms with van der Waals surface area (Å²) in [6.45, 7) is 4.57. The molecule has 0 unspecified atom stereocenters. The van der Waals surface area contributed by atoms with Crippen LogP contribution in [0.15, 0.2) is 4.47 Å². The van der Waals surface area contributed by atoms with Gasteiger partial charge in [-0.2, -0.15) is 5.10 Å². The number of nitrogens with zero attached hydrogens (tertiary/aromatic N) is 2. The topological polar surface area (TPSA) is 69.0 Å². The van der Waals surface area contributed by atoms with E-state index in [0.29, 0.717) is 6.54 Å². The molecule has 1 aromatic heterocycles. The van der Waals surface area contributed by atoms with Crippen LogP contribution in [0.3, 0.4) is 0 Å². The summed E-state index contributed by atoms with van der Waals surface area (Å²) < 4.78 is 24.7. The Bertz CT molecular complexity index is 549. The molecule has 102 valence electrons. The number of halogens is 1. The van der Waals surface area contributed by atoms with Crippen molar-refractivity contribution in [1.82, 2.24) is 9.78 Å². The van der Waals surface area contributed by atoms with Gasteiger partial charge in [-0.1, -0.05) is 6.92 Å². The van der Waals surface area contributed by atoms with Gasteiger partial charge < -0.3 is 0 Å². The van der Waals surface area contributed by atoms with Gasteiger partial charge in [-0.25, -0.2) is 8.42 Å². The Morgan fingerprint density at radius 1 is 1.39 bits per heavy atom. The Kier molecular flexibility index (Phi) is 5.10. The lowest BCUT2D eigenvalue weighted by Crippen LogP contribution is -2.18. The molecule has 0 bridgehead atoms. The largest absolute Gasteiger partial charge is 0.298 e. The lowest BCUT2D eigenvalue weighted by molar-refractivity contribution is -0.116. The van der Waals surface area contributed by atoms with E-state index in [2.05, 4.69) is 21.0 Å². The van der Waals surface area contributed by atoms with Crippen LogP contribution in [0, 0.1) is 0 Å². The second-order valence-corrected chi connectivity index (χ2v) is 7.10. The maximum atomic E-state index is 11.7. The minimum Gasteiger partial charge on any atom is -0.298 e. The molecule has 1 heterocycles. The second kappa shape index (κ2) is 5.97. The molecule has 5 nitrogen and oxygen atoms in total. The molecule has 0 N–H and O–H groups in total. The van der Waals surface area contributed by atoms with Crippen molar-refractivity contribution >= 4 is 31.6 Å². The summed E-state index contributed by atoms with van der Waals surface area (Å²) in [7, 11) is -3.27. The number of ketones is 1. The minimum absolute atomic E-state index is 0.0918. The fourth-order valence-electron chi connectivity index (χ4n) is 1.72. The number of hydrogen-bond acceptors (Lipinski definition) is 4. The Morgan fingerprint density at radius 3 is 2.44 bits per heavy atom. The van der Waals surface area contributed by atoms with Crippen molar-refractivity contribution in [3.63, 3.8) is 0 Å². The van der Waals surface area contributed by atoms with E-state index in [4.69, 9.17) is 0 Å². The van der Waals surface area contributed by atoms with Gasteiger partial charge in [-0.3, -0.25) is 9.48 Å². The highest BCUT2D eigenvalue weighted by Gasteiger charge is 2.19. The Hall–Kier alpha value is -0.690. The lowest BCUT2D eigenvalue weighted by Gasteiger charge is -2.04. The predicted octanol–water partition coefficient (Wildman–Crippen LogP) is 1.38. The first-order valence-electron chi connectivity index (χ1n) is 5.72. The van der Waals surface area contributed by atoms with Gasteiger partial charge in [0.2, 0.25) is 0 Å².